The summed E-state index contributed by atoms with van der Waals surface area (Å²) < 4.78 is 27.4. The molecular formula is C22H27BrN2O4S. The van der Waals surface area contributed by atoms with Crippen molar-refractivity contribution >= 4 is 37.6 Å². The third-order valence-corrected chi connectivity index (χ3v) is 7.44. The molecule has 0 aliphatic heterocycles. The zero-order valence-electron chi connectivity index (χ0n) is 17.4. The van der Waals surface area contributed by atoms with Gasteiger partial charge in [0.1, 0.15) is 0 Å². The topological polar surface area (TPSA) is 83.6 Å². The number of carbonyl (C=O) groups is 2. The number of rotatable bonds is 10. The molecule has 2 aromatic rings. The first-order chi connectivity index (χ1) is 14.2. The number of nitrogens with zero attached hydrogens (tertiary/aromatic N) is 1. The lowest BCUT2D eigenvalue weighted by Gasteiger charge is -2.19. The van der Waals surface area contributed by atoms with Crippen LogP contribution in [0.15, 0.2) is 57.9 Å². The SMILES string of the molecule is CCN(CC)S(=O)(=O)c1ccc(C(C)NC(=O)CCC(=O)c2ccc(Br)cc2)cc1. The van der Waals surface area contributed by atoms with Gasteiger partial charge in [0, 0.05) is 36.0 Å². The normalized spacial score (nSPS) is 12.6. The van der Waals surface area contributed by atoms with Gasteiger partial charge in [-0.15, -0.1) is 0 Å². The molecule has 162 valence electrons. The molecule has 1 N–H and O–H groups in total. The van der Waals surface area contributed by atoms with E-state index in [0.29, 0.717) is 18.7 Å². The number of hydrogen-bond acceptors (Lipinski definition) is 4. The third-order valence-electron chi connectivity index (χ3n) is 4.85. The van der Waals surface area contributed by atoms with Crippen LogP contribution in [0.5, 0.6) is 0 Å². The van der Waals surface area contributed by atoms with Gasteiger partial charge in [0.2, 0.25) is 15.9 Å². The first-order valence-corrected chi connectivity index (χ1v) is 12.1. The fraction of sp³-hybridized carbons (Fsp3) is 0.364. The number of ketones is 1. The van der Waals surface area contributed by atoms with E-state index in [1.54, 1.807) is 62.4 Å². The Balaban J connectivity index is 1.93. The van der Waals surface area contributed by atoms with Gasteiger partial charge in [-0.3, -0.25) is 9.59 Å². The average Bonchev–Trinajstić information content (AvgIpc) is 2.73. The van der Waals surface area contributed by atoms with E-state index in [0.717, 1.165) is 10.0 Å². The van der Waals surface area contributed by atoms with Gasteiger partial charge in [0.25, 0.3) is 0 Å². The molecule has 0 aromatic heterocycles. The lowest BCUT2D eigenvalue weighted by molar-refractivity contribution is -0.121. The summed E-state index contributed by atoms with van der Waals surface area (Å²) in [6, 6.07) is 13.2. The molecule has 0 spiro atoms. The number of amides is 1. The Hall–Kier alpha value is -2.03. The summed E-state index contributed by atoms with van der Waals surface area (Å²) in [5.74, 6) is -0.316. The maximum absolute atomic E-state index is 12.6. The van der Waals surface area contributed by atoms with Crippen molar-refractivity contribution in [3.05, 3.63) is 64.1 Å². The minimum Gasteiger partial charge on any atom is -0.350 e. The van der Waals surface area contributed by atoms with Gasteiger partial charge in [-0.25, -0.2) is 8.42 Å². The Morgan fingerprint density at radius 3 is 2.07 bits per heavy atom. The average molecular weight is 495 g/mol. The highest BCUT2D eigenvalue weighted by molar-refractivity contribution is 9.10. The molecule has 0 saturated heterocycles. The maximum Gasteiger partial charge on any atom is 0.243 e. The number of halogens is 1. The van der Waals surface area contributed by atoms with Crippen molar-refractivity contribution in [1.82, 2.24) is 9.62 Å². The van der Waals surface area contributed by atoms with Gasteiger partial charge in [-0.05, 0) is 36.8 Å². The van der Waals surface area contributed by atoms with Crippen LogP contribution >= 0.6 is 15.9 Å². The molecule has 30 heavy (non-hydrogen) atoms. The fourth-order valence-corrected chi connectivity index (χ4v) is 4.77. The second-order valence-electron chi connectivity index (χ2n) is 6.88. The van der Waals surface area contributed by atoms with Crippen molar-refractivity contribution in [3.8, 4) is 0 Å². The summed E-state index contributed by atoms with van der Waals surface area (Å²) in [4.78, 5) is 24.7. The van der Waals surface area contributed by atoms with Crippen molar-refractivity contribution in [2.75, 3.05) is 13.1 Å². The van der Waals surface area contributed by atoms with Gasteiger partial charge >= 0.3 is 0 Å². The molecule has 0 saturated carbocycles. The monoisotopic (exact) mass is 494 g/mol. The van der Waals surface area contributed by atoms with Crippen LogP contribution in [0.25, 0.3) is 0 Å². The molecule has 2 rings (SSSR count). The smallest absolute Gasteiger partial charge is 0.243 e. The number of hydrogen-bond donors (Lipinski definition) is 1. The standard InChI is InChI=1S/C22H27BrN2O4S/c1-4-25(5-2)30(28,29)20-12-8-17(9-13-20)16(3)24-22(27)15-14-21(26)18-6-10-19(23)11-7-18/h6-13,16H,4-5,14-15H2,1-3H3,(H,24,27). The van der Waals surface area contributed by atoms with Gasteiger partial charge in [-0.1, -0.05) is 54.0 Å². The van der Waals surface area contributed by atoms with Crippen LogP contribution in [0.1, 0.15) is 55.6 Å². The summed E-state index contributed by atoms with van der Waals surface area (Å²) in [5.41, 5.74) is 1.37. The number of carbonyl (C=O) groups excluding carboxylic acids is 2. The maximum atomic E-state index is 12.6. The predicted octanol–water partition coefficient (Wildman–Crippen LogP) is 4.32. The molecule has 1 amide bonds. The molecule has 0 bridgehead atoms. The van der Waals surface area contributed by atoms with E-state index in [9.17, 15) is 18.0 Å². The number of nitrogens with one attached hydrogen (secondary N) is 1. The predicted molar refractivity (Wildman–Crippen MR) is 121 cm³/mol. The van der Waals surface area contributed by atoms with Crippen LogP contribution < -0.4 is 5.32 Å². The third kappa shape index (κ3) is 6.23. The van der Waals surface area contributed by atoms with E-state index < -0.39 is 10.0 Å². The van der Waals surface area contributed by atoms with Crippen molar-refractivity contribution in [2.24, 2.45) is 0 Å². The highest BCUT2D eigenvalue weighted by Crippen LogP contribution is 2.20. The molecule has 0 aliphatic rings. The largest absolute Gasteiger partial charge is 0.350 e. The minimum absolute atomic E-state index is 0.0868. The van der Waals surface area contributed by atoms with Crippen LogP contribution in [0.4, 0.5) is 0 Å². The zero-order chi connectivity index (χ0) is 22.3. The highest BCUT2D eigenvalue weighted by atomic mass is 79.9. The lowest BCUT2D eigenvalue weighted by atomic mass is 10.1. The van der Waals surface area contributed by atoms with E-state index in [-0.39, 0.29) is 35.5 Å². The molecule has 0 heterocycles. The Morgan fingerprint density at radius 2 is 1.53 bits per heavy atom. The van der Waals surface area contributed by atoms with E-state index in [4.69, 9.17) is 0 Å². The van der Waals surface area contributed by atoms with Gasteiger partial charge in [-0.2, -0.15) is 4.31 Å². The first-order valence-electron chi connectivity index (χ1n) is 9.87. The fourth-order valence-electron chi connectivity index (χ4n) is 3.05. The number of Topliss-reactive ketones (excluding diaryl/α,β-unsaturated/α-hetero) is 1. The van der Waals surface area contributed by atoms with Gasteiger partial charge in [0.15, 0.2) is 5.78 Å². The summed E-state index contributed by atoms with van der Waals surface area (Å²) >= 11 is 3.32. The van der Waals surface area contributed by atoms with Crippen LogP contribution in [-0.2, 0) is 14.8 Å². The van der Waals surface area contributed by atoms with Crippen LogP contribution in [0.3, 0.4) is 0 Å². The quantitative estimate of drug-likeness (QED) is 0.498. The van der Waals surface area contributed by atoms with E-state index >= 15 is 0 Å². The highest BCUT2D eigenvalue weighted by Gasteiger charge is 2.21. The van der Waals surface area contributed by atoms with Crippen molar-refractivity contribution in [2.45, 2.75) is 44.6 Å². The Labute approximate surface area is 186 Å². The molecule has 6 nitrogen and oxygen atoms in total. The Morgan fingerprint density at radius 1 is 0.967 bits per heavy atom. The molecule has 0 aliphatic carbocycles. The zero-order valence-corrected chi connectivity index (χ0v) is 19.8. The summed E-state index contributed by atoms with van der Waals surface area (Å²) in [5, 5.41) is 2.86. The summed E-state index contributed by atoms with van der Waals surface area (Å²) in [6.07, 6.45) is 0.217. The second kappa shape index (κ2) is 10.8. The van der Waals surface area contributed by atoms with E-state index in [2.05, 4.69) is 21.2 Å². The van der Waals surface area contributed by atoms with E-state index in [1.165, 1.54) is 4.31 Å². The molecule has 0 fully saturated rings. The van der Waals surface area contributed by atoms with Crippen LogP contribution in [0.2, 0.25) is 0 Å². The molecule has 1 unspecified atom stereocenters. The minimum atomic E-state index is -3.51. The van der Waals surface area contributed by atoms with Gasteiger partial charge in [0.05, 0.1) is 10.9 Å². The molecule has 0 radical (unpaired) electrons. The summed E-state index contributed by atoms with van der Waals surface area (Å²) in [7, 11) is -3.51. The second-order valence-corrected chi connectivity index (χ2v) is 9.73. The Kier molecular flexibility index (Phi) is 8.76. The molecule has 1 atom stereocenters. The number of benzene rings is 2. The summed E-state index contributed by atoms with van der Waals surface area (Å²) in [6.45, 7) is 6.24. The number of sulfonamides is 1. The van der Waals surface area contributed by atoms with Crippen molar-refractivity contribution < 1.29 is 18.0 Å². The lowest BCUT2D eigenvalue weighted by Crippen LogP contribution is -2.30. The molecule has 2 aromatic carbocycles. The van der Waals surface area contributed by atoms with Crippen LogP contribution in [0, 0.1) is 0 Å². The van der Waals surface area contributed by atoms with Crippen molar-refractivity contribution in [3.63, 3.8) is 0 Å². The van der Waals surface area contributed by atoms with E-state index in [1.807, 2.05) is 6.92 Å². The Bertz CT molecular complexity index is 969. The molecular weight excluding hydrogens is 468 g/mol. The van der Waals surface area contributed by atoms with Crippen LogP contribution in [-0.4, -0.2) is 37.5 Å². The van der Waals surface area contributed by atoms with Gasteiger partial charge < -0.3 is 5.32 Å². The first kappa shape index (κ1) is 24.2. The molecule has 8 heteroatoms. The van der Waals surface area contributed by atoms with Crippen molar-refractivity contribution in [1.29, 1.82) is 0 Å².